The summed E-state index contributed by atoms with van der Waals surface area (Å²) in [6.45, 7) is 4.02. The number of amides is 2. The van der Waals surface area contributed by atoms with E-state index in [0.29, 0.717) is 23.8 Å². The van der Waals surface area contributed by atoms with Crippen molar-refractivity contribution in [3.63, 3.8) is 0 Å². The molecule has 0 saturated carbocycles. The number of hydrogen-bond donors (Lipinski definition) is 2. The minimum Gasteiger partial charge on any atom is -0.494 e. The lowest BCUT2D eigenvalue weighted by molar-refractivity contribution is -0.384. The molecule has 2 aromatic rings. The molecule has 0 radical (unpaired) electrons. The lowest BCUT2D eigenvalue weighted by atomic mass is 10.2. The van der Waals surface area contributed by atoms with E-state index in [0.717, 1.165) is 6.07 Å². The zero-order chi connectivity index (χ0) is 21.4. The van der Waals surface area contributed by atoms with Crippen LogP contribution in [0.4, 0.5) is 11.4 Å². The smallest absolute Gasteiger partial charge is 0.287 e. The maximum absolute atomic E-state index is 12.1. The molecule has 0 spiro atoms. The van der Waals surface area contributed by atoms with E-state index in [4.69, 9.17) is 16.3 Å². The Morgan fingerprint density at radius 2 is 1.90 bits per heavy atom. The molecule has 0 heterocycles. The van der Waals surface area contributed by atoms with Crippen LogP contribution in [-0.2, 0) is 4.79 Å². The van der Waals surface area contributed by atoms with Gasteiger partial charge in [0.15, 0.2) is 0 Å². The van der Waals surface area contributed by atoms with Crippen molar-refractivity contribution < 1.29 is 19.2 Å². The molecular weight excluding hydrogens is 400 g/mol. The van der Waals surface area contributed by atoms with E-state index in [1.165, 1.54) is 12.1 Å². The molecule has 10 heteroatoms. The molecule has 0 atom stereocenters. The van der Waals surface area contributed by atoms with Crippen LogP contribution in [0.15, 0.2) is 47.6 Å². The Labute approximate surface area is 171 Å². The van der Waals surface area contributed by atoms with Gasteiger partial charge < -0.3 is 10.1 Å². The highest BCUT2D eigenvalue weighted by Crippen LogP contribution is 2.24. The van der Waals surface area contributed by atoms with Crippen molar-refractivity contribution in [2.45, 2.75) is 20.3 Å². The average molecular weight is 419 g/mol. The quantitative estimate of drug-likeness (QED) is 0.383. The van der Waals surface area contributed by atoms with Crippen molar-refractivity contribution in [3.05, 3.63) is 63.2 Å². The summed E-state index contributed by atoms with van der Waals surface area (Å²) in [5.41, 5.74) is 3.08. The van der Waals surface area contributed by atoms with Crippen LogP contribution in [0.5, 0.6) is 5.75 Å². The lowest BCUT2D eigenvalue weighted by Gasteiger charge is -2.07. The van der Waals surface area contributed by atoms with E-state index in [-0.39, 0.29) is 28.6 Å². The molecule has 152 valence electrons. The highest BCUT2D eigenvalue weighted by atomic mass is 35.5. The molecule has 2 N–H and O–H groups in total. The van der Waals surface area contributed by atoms with Crippen LogP contribution in [0, 0.1) is 10.1 Å². The van der Waals surface area contributed by atoms with E-state index < -0.39 is 10.8 Å². The number of ether oxygens (including phenoxy) is 1. The monoisotopic (exact) mass is 418 g/mol. The Bertz CT molecular complexity index is 944. The predicted octanol–water partition coefficient (Wildman–Crippen LogP) is 3.78. The van der Waals surface area contributed by atoms with Crippen molar-refractivity contribution in [2.24, 2.45) is 5.10 Å². The summed E-state index contributed by atoms with van der Waals surface area (Å²) in [5.74, 6) is -0.201. The maximum Gasteiger partial charge on any atom is 0.287 e. The number of benzene rings is 2. The van der Waals surface area contributed by atoms with E-state index in [1.807, 2.05) is 6.92 Å². The summed E-state index contributed by atoms with van der Waals surface area (Å²) in [5, 5.41) is 17.2. The van der Waals surface area contributed by atoms with Gasteiger partial charge in [-0.3, -0.25) is 19.7 Å². The van der Waals surface area contributed by atoms with Crippen molar-refractivity contribution in [1.82, 2.24) is 5.43 Å². The van der Waals surface area contributed by atoms with Crippen molar-refractivity contribution >= 4 is 40.5 Å². The molecule has 2 rings (SSSR count). The normalized spacial score (nSPS) is 10.9. The number of rotatable bonds is 8. The standard InChI is InChI=1S/C19H19ClN4O5/c1-3-29-15-7-5-14(6-8-15)21-18(25)10-12(2)22-23-19(26)13-4-9-17(24(27)28)16(20)11-13/h4-9,11H,3,10H2,1-2H3,(H,21,25)(H,23,26)/b22-12-. The SMILES string of the molecule is CCOc1ccc(NC(=O)C/C(C)=N\NC(=O)c2ccc([N+](=O)[O-])c(Cl)c2)cc1. The van der Waals surface area contributed by atoms with Gasteiger partial charge in [0.05, 0.1) is 18.0 Å². The predicted molar refractivity (Wildman–Crippen MR) is 110 cm³/mol. The number of hydrogen-bond acceptors (Lipinski definition) is 6. The van der Waals surface area contributed by atoms with Crippen molar-refractivity contribution in [2.75, 3.05) is 11.9 Å². The van der Waals surface area contributed by atoms with Crippen molar-refractivity contribution in [3.8, 4) is 5.75 Å². The number of hydrazone groups is 1. The largest absolute Gasteiger partial charge is 0.494 e. The van der Waals surface area contributed by atoms with Crippen molar-refractivity contribution in [1.29, 1.82) is 0 Å². The third kappa shape index (κ3) is 6.58. The first-order valence-electron chi connectivity index (χ1n) is 8.60. The van der Waals surface area contributed by atoms with Gasteiger partial charge in [-0.25, -0.2) is 5.43 Å². The third-order valence-corrected chi connectivity index (χ3v) is 3.92. The van der Waals surface area contributed by atoms with E-state index in [1.54, 1.807) is 31.2 Å². The Morgan fingerprint density at radius 3 is 2.48 bits per heavy atom. The van der Waals surface area contributed by atoms with Crippen LogP contribution in [0.25, 0.3) is 0 Å². The second-order valence-electron chi connectivity index (χ2n) is 5.89. The molecular formula is C19H19ClN4O5. The number of halogens is 1. The molecule has 9 nitrogen and oxygen atoms in total. The first-order chi connectivity index (χ1) is 13.8. The second-order valence-corrected chi connectivity index (χ2v) is 6.30. The van der Waals surface area contributed by atoms with Crippen LogP contribution in [-0.4, -0.2) is 29.1 Å². The van der Waals surface area contributed by atoms with Crippen LogP contribution in [0.2, 0.25) is 5.02 Å². The lowest BCUT2D eigenvalue weighted by Crippen LogP contribution is -2.21. The third-order valence-electron chi connectivity index (χ3n) is 3.62. The zero-order valence-electron chi connectivity index (χ0n) is 15.8. The minimum absolute atomic E-state index is 0.0332. The minimum atomic E-state index is -0.644. The van der Waals surface area contributed by atoms with Gasteiger partial charge in [-0.1, -0.05) is 11.6 Å². The number of nitro groups is 1. The highest BCUT2D eigenvalue weighted by Gasteiger charge is 2.15. The Balaban J connectivity index is 1.90. The summed E-state index contributed by atoms with van der Waals surface area (Å²) in [7, 11) is 0. The van der Waals surface area contributed by atoms with Gasteiger partial charge in [0.2, 0.25) is 5.91 Å². The maximum atomic E-state index is 12.1. The molecule has 2 aromatic carbocycles. The molecule has 0 aliphatic heterocycles. The number of nitro benzene ring substituents is 1. The summed E-state index contributed by atoms with van der Waals surface area (Å²) in [6.07, 6.45) is -0.0332. The van der Waals surface area contributed by atoms with Gasteiger partial charge in [-0.2, -0.15) is 5.10 Å². The highest BCUT2D eigenvalue weighted by molar-refractivity contribution is 6.33. The summed E-state index contributed by atoms with van der Waals surface area (Å²) in [4.78, 5) is 34.3. The molecule has 0 aliphatic rings. The molecule has 0 saturated heterocycles. The fraction of sp³-hybridized carbons (Fsp3) is 0.211. The Kier molecular flexibility index (Phi) is 7.67. The van der Waals surface area contributed by atoms with E-state index in [9.17, 15) is 19.7 Å². The Hall–Kier alpha value is -3.46. The molecule has 0 aliphatic carbocycles. The Morgan fingerprint density at radius 1 is 1.21 bits per heavy atom. The van der Waals surface area contributed by atoms with E-state index in [2.05, 4.69) is 15.8 Å². The molecule has 0 fully saturated rings. The van der Waals surface area contributed by atoms with E-state index >= 15 is 0 Å². The molecule has 2 amide bonds. The number of anilines is 1. The molecule has 0 bridgehead atoms. The summed E-state index contributed by atoms with van der Waals surface area (Å²) >= 11 is 5.79. The topological polar surface area (TPSA) is 123 Å². The van der Waals surface area contributed by atoms with Crippen LogP contribution in [0.1, 0.15) is 30.6 Å². The fourth-order valence-corrected chi connectivity index (χ4v) is 2.53. The van der Waals surface area contributed by atoms with Gasteiger partial charge >= 0.3 is 0 Å². The first kappa shape index (κ1) is 21.8. The van der Waals surface area contributed by atoms with Crippen LogP contribution >= 0.6 is 11.6 Å². The second kappa shape index (κ2) is 10.2. The zero-order valence-corrected chi connectivity index (χ0v) is 16.5. The summed E-state index contributed by atoms with van der Waals surface area (Å²) < 4.78 is 5.33. The number of carbonyl (C=O) groups is 2. The number of carbonyl (C=O) groups excluding carboxylic acids is 2. The first-order valence-corrected chi connectivity index (χ1v) is 8.98. The number of nitrogens with one attached hydrogen (secondary N) is 2. The fourth-order valence-electron chi connectivity index (χ4n) is 2.29. The number of nitrogens with zero attached hydrogens (tertiary/aromatic N) is 2. The van der Waals surface area contributed by atoms with Crippen LogP contribution < -0.4 is 15.5 Å². The van der Waals surface area contributed by atoms with Gasteiger partial charge in [0, 0.05) is 23.0 Å². The average Bonchev–Trinajstić information content (AvgIpc) is 2.67. The molecule has 29 heavy (non-hydrogen) atoms. The van der Waals surface area contributed by atoms with Crippen LogP contribution in [0.3, 0.4) is 0 Å². The molecule has 0 aromatic heterocycles. The summed E-state index contributed by atoms with van der Waals surface area (Å²) in [6, 6.07) is 10.5. The van der Waals surface area contributed by atoms with Gasteiger partial charge in [0.1, 0.15) is 10.8 Å². The molecule has 0 unspecified atom stereocenters. The van der Waals surface area contributed by atoms with Gasteiger partial charge in [-0.05, 0) is 50.2 Å². The van der Waals surface area contributed by atoms with Gasteiger partial charge in [0.25, 0.3) is 11.6 Å². The van der Waals surface area contributed by atoms with Gasteiger partial charge in [-0.15, -0.1) is 0 Å².